The maximum atomic E-state index is 12.2. The Hall–Kier alpha value is -1.65. The number of nitrogens with one attached hydrogen (secondary N) is 1. The Bertz CT molecular complexity index is 682. The van der Waals surface area contributed by atoms with E-state index in [1.165, 1.54) is 5.56 Å². The standard InChI is InChI=1S/C16H14BrNO2/c1-10-6-14(4-5-15(10)17)18-16(19)11-2-3-12-8-20-9-13(12)7-11/h2-7H,8-9H2,1H3,(H,18,19). The number of carbonyl (C=O) groups is 1. The van der Waals surface area contributed by atoms with E-state index in [0.29, 0.717) is 18.8 Å². The summed E-state index contributed by atoms with van der Waals surface area (Å²) in [6, 6.07) is 11.5. The summed E-state index contributed by atoms with van der Waals surface area (Å²) in [6.07, 6.45) is 0. The van der Waals surface area contributed by atoms with Crippen LogP contribution in [-0.2, 0) is 18.0 Å². The topological polar surface area (TPSA) is 38.3 Å². The lowest BCUT2D eigenvalue weighted by atomic mass is 10.1. The minimum Gasteiger partial charge on any atom is -0.372 e. The highest BCUT2D eigenvalue weighted by Gasteiger charge is 2.14. The molecule has 3 rings (SSSR count). The molecule has 1 aliphatic heterocycles. The maximum Gasteiger partial charge on any atom is 0.255 e. The van der Waals surface area contributed by atoms with E-state index in [1.54, 1.807) is 0 Å². The number of halogens is 1. The number of carbonyl (C=O) groups excluding carboxylic acids is 1. The predicted octanol–water partition coefficient (Wildman–Crippen LogP) is 4.04. The number of benzene rings is 2. The summed E-state index contributed by atoms with van der Waals surface area (Å²) >= 11 is 3.45. The first-order chi connectivity index (χ1) is 9.63. The van der Waals surface area contributed by atoms with Crippen molar-refractivity contribution in [2.75, 3.05) is 5.32 Å². The molecule has 2 aromatic rings. The molecule has 1 heterocycles. The first-order valence-electron chi connectivity index (χ1n) is 6.40. The summed E-state index contributed by atoms with van der Waals surface area (Å²) in [6.45, 7) is 3.23. The normalized spacial score (nSPS) is 13.1. The van der Waals surface area contributed by atoms with Gasteiger partial charge in [-0.2, -0.15) is 0 Å². The molecule has 0 aromatic heterocycles. The zero-order valence-corrected chi connectivity index (χ0v) is 12.7. The minimum atomic E-state index is -0.0959. The molecular formula is C16H14BrNO2. The Morgan fingerprint density at radius 3 is 2.75 bits per heavy atom. The van der Waals surface area contributed by atoms with Crippen LogP contribution >= 0.6 is 15.9 Å². The first kappa shape index (κ1) is 13.3. The van der Waals surface area contributed by atoms with Crippen LogP contribution in [0.25, 0.3) is 0 Å². The van der Waals surface area contributed by atoms with Gasteiger partial charge in [-0.25, -0.2) is 0 Å². The van der Waals surface area contributed by atoms with Crippen LogP contribution in [0.5, 0.6) is 0 Å². The van der Waals surface area contributed by atoms with Crippen molar-refractivity contribution in [3.8, 4) is 0 Å². The second-order valence-corrected chi connectivity index (χ2v) is 5.75. The van der Waals surface area contributed by atoms with Gasteiger partial charge < -0.3 is 10.1 Å². The second-order valence-electron chi connectivity index (χ2n) is 4.89. The van der Waals surface area contributed by atoms with Crippen LogP contribution in [0.15, 0.2) is 40.9 Å². The largest absolute Gasteiger partial charge is 0.372 e. The van der Waals surface area contributed by atoms with Crippen molar-refractivity contribution >= 4 is 27.5 Å². The van der Waals surface area contributed by atoms with Gasteiger partial charge in [0.2, 0.25) is 0 Å². The van der Waals surface area contributed by atoms with Crippen molar-refractivity contribution < 1.29 is 9.53 Å². The molecule has 0 saturated heterocycles. The van der Waals surface area contributed by atoms with Gasteiger partial charge in [-0.05, 0) is 53.9 Å². The molecule has 20 heavy (non-hydrogen) atoms. The number of hydrogen-bond donors (Lipinski definition) is 1. The molecule has 1 N–H and O–H groups in total. The van der Waals surface area contributed by atoms with E-state index >= 15 is 0 Å². The van der Waals surface area contributed by atoms with Gasteiger partial charge in [0.15, 0.2) is 0 Å². The Kier molecular flexibility index (Phi) is 3.59. The Balaban J connectivity index is 1.80. The Morgan fingerprint density at radius 1 is 1.15 bits per heavy atom. The molecule has 102 valence electrons. The van der Waals surface area contributed by atoms with Crippen LogP contribution in [0.3, 0.4) is 0 Å². The van der Waals surface area contributed by atoms with Crippen molar-refractivity contribution in [1.29, 1.82) is 0 Å². The van der Waals surface area contributed by atoms with E-state index in [9.17, 15) is 4.79 Å². The SMILES string of the molecule is Cc1cc(NC(=O)c2ccc3c(c2)COC3)ccc1Br. The van der Waals surface area contributed by atoms with Gasteiger partial charge in [-0.1, -0.05) is 22.0 Å². The van der Waals surface area contributed by atoms with Crippen molar-refractivity contribution in [3.05, 3.63) is 63.1 Å². The highest BCUT2D eigenvalue weighted by atomic mass is 79.9. The van der Waals surface area contributed by atoms with Gasteiger partial charge in [0, 0.05) is 15.7 Å². The van der Waals surface area contributed by atoms with Crippen LogP contribution in [-0.4, -0.2) is 5.91 Å². The smallest absolute Gasteiger partial charge is 0.255 e. The maximum absolute atomic E-state index is 12.2. The highest BCUT2D eigenvalue weighted by Crippen LogP contribution is 2.23. The summed E-state index contributed by atoms with van der Waals surface area (Å²) in [7, 11) is 0. The number of hydrogen-bond acceptors (Lipinski definition) is 2. The second kappa shape index (κ2) is 5.38. The molecule has 2 aromatic carbocycles. The molecule has 0 bridgehead atoms. The van der Waals surface area contributed by atoms with Gasteiger partial charge >= 0.3 is 0 Å². The molecule has 0 radical (unpaired) electrons. The van der Waals surface area contributed by atoms with Crippen LogP contribution in [0.1, 0.15) is 27.0 Å². The molecule has 1 amide bonds. The van der Waals surface area contributed by atoms with Crippen LogP contribution in [0.4, 0.5) is 5.69 Å². The highest BCUT2D eigenvalue weighted by molar-refractivity contribution is 9.10. The van der Waals surface area contributed by atoms with Gasteiger partial charge in [0.25, 0.3) is 5.91 Å². The van der Waals surface area contributed by atoms with Crippen LogP contribution in [0.2, 0.25) is 0 Å². The summed E-state index contributed by atoms with van der Waals surface area (Å²) < 4.78 is 6.39. The quantitative estimate of drug-likeness (QED) is 0.901. The van der Waals surface area contributed by atoms with E-state index in [2.05, 4.69) is 21.2 Å². The summed E-state index contributed by atoms with van der Waals surface area (Å²) in [5.41, 5.74) is 4.82. The molecular weight excluding hydrogens is 318 g/mol. The molecule has 0 spiro atoms. The number of aryl methyl sites for hydroxylation is 1. The third-order valence-corrected chi connectivity index (χ3v) is 4.29. The molecule has 0 atom stereocenters. The van der Waals surface area contributed by atoms with E-state index in [0.717, 1.165) is 21.3 Å². The first-order valence-corrected chi connectivity index (χ1v) is 7.20. The number of anilines is 1. The Morgan fingerprint density at radius 2 is 1.95 bits per heavy atom. The number of amides is 1. The van der Waals surface area contributed by atoms with Crippen molar-refractivity contribution in [3.63, 3.8) is 0 Å². The minimum absolute atomic E-state index is 0.0959. The van der Waals surface area contributed by atoms with E-state index < -0.39 is 0 Å². The fourth-order valence-electron chi connectivity index (χ4n) is 2.24. The van der Waals surface area contributed by atoms with E-state index in [4.69, 9.17) is 4.74 Å². The fraction of sp³-hybridized carbons (Fsp3) is 0.188. The predicted molar refractivity (Wildman–Crippen MR) is 81.8 cm³/mol. The summed E-state index contributed by atoms with van der Waals surface area (Å²) in [5, 5.41) is 2.92. The summed E-state index contributed by atoms with van der Waals surface area (Å²) in [4.78, 5) is 12.2. The van der Waals surface area contributed by atoms with Crippen molar-refractivity contribution in [1.82, 2.24) is 0 Å². The number of rotatable bonds is 2. The zero-order chi connectivity index (χ0) is 14.1. The van der Waals surface area contributed by atoms with Crippen LogP contribution < -0.4 is 5.32 Å². The van der Waals surface area contributed by atoms with Crippen LogP contribution in [0, 0.1) is 6.92 Å². The molecule has 0 aliphatic carbocycles. The lowest BCUT2D eigenvalue weighted by molar-refractivity contribution is 0.102. The van der Waals surface area contributed by atoms with E-state index in [1.807, 2.05) is 43.3 Å². The third-order valence-electron chi connectivity index (χ3n) is 3.40. The third kappa shape index (κ3) is 2.62. The zero-order valence-electron chi connectivity index (χ0n) is 11.1. The van der Waals surface area contributed by atoms with E-state index in [-0.39, 0.29) is 5.91 Å². The molecule has 4 heteroatoms. The van der Waals surface area contributed by atoms with Gasteiger partial charge in [0.1, 0.15) is 0 Å². The number of ether oxygens (including phenoxy) is 1. The lowest BCUT2D eigenvalue weighted by Gasteiger charge is -2.08. The fourth-order valence-corrected chi connectivity index (χ4v) is 2.49. The Labute approximate surface area is 126 Å². The average Bonchev–Trinajstić information content (AvgIpc) is 2.90. The van der Waals surface area contributed by atoms with Gasteiger partial charge in [-0.3, -0.25) is 4.79 Å². The molecule has 0 unspecified atom stereocenters. The molecule has 0 saturated carbocycles. The van der Waals surface area contributed by atoms with Gasteiger partial charge in [-0.15, -0.1) is 0 Å². The monoisotopic (exact) mass is 331 g/mol. The van der Waals surface area contributed by atoms with Gasteiger partial charge in [0.05, 0.1) is 13.2 Å². The molecule has 0 fully saturated rings. The molecule has 3 nitrogen and oxygen atoms in total. The van der Waals surface area contributed by atoms with Crippen molar-refractivity contribution in [2.24, 2.45) is 0 Å². The summed E-state index contributed by atoms with van der Waals surface area (Å²) in [5.74, 6) is -0.0959. The lowest BCUT2D eigenvalue weighted by Crippen LogP contribution is -2.12. The molecule has 1 aliphatic rings. The van der Waals surface area contributed by atoms with Crippen molar-refractivity contribution in [2.45, 2.75) is 20.1 Å². The average molecular weight is 332 g/mol. The number of fused-ring (bicyclic) bond motifs is 1.